The van der Waals surface area contributed by atoms with Crippen LogP contribution >= 0.6 is 0 Å². The molecule has 1 N–H and O–H groups in total. The van der Waals surface area contributed by atoms with Crippen LogP contribution in [0.4, 0.5) is 0 Å². The monoisotopic (exact) mass is 210 g/mol. The van der Waals surface area contributed by atoms with Gasteiger partial charge in [0, 0.05) is 6.61 Å². The van der Waals surface area contributed by atoms with Gasteiger partial charge in [0.15, 0.2) is 0 Å². The number of aliphatic carboxylic acids is 1. The van der Waals surface area contributed by atoms with E-state index >= 15 is 0 Å². The van der Waals surface area contributed by atoms with Crippen molar-refractivity contribution in [2.45, 2.75) is 38.7 Å². The highest BCUT2D eigenvalue weighted by atomic mass is 16.5. The highest BCUT2D eigenvalue weighted by Crippen LogP contribution is 2.43. The van der Waals surface area contributed by atoms with Gasteiger partial charge in [-0.05, 0) is 38.5 Å². The van der Waals surface area contributed by atoms with Gasteiger partial charge in [-0.2, -0.15) is 0 Å². The maximum absolute atomic E-state index is 11.4. The fourth-order valence-corrected chi connectivity index (χ4v) is 2.77. The van der Waals surface area contributed by atoms with Crippen LogP contribution < -0.4 is 0 Å². The maximum atomic E-state index is 11.4. The van der Waals surface area contributed by atoms with E-state index in [1.165, 1.54) is 0 Å². The Morgan fingerprint density at radius 3 is 2.67 bits per heavy atom. The molecule has 0 spiro atoms. The molecule has 1 saturated heterocycles. The second-order valence-corrected chi connectivity index (χ2v) is 4.74. The molecule has 0 radical (unpaired) electrons. The first kappa shape index (κ1) is 10.7. The van der Waals surface area contributed by atoms with Crippen LogP contribution in [0.15, 0.2) is 12.2 Å². The molecule has 2 rings (SSSR count). The van der Waals surface area contributed by atoms with Crippen LogP contribution in [0.2, 0.25) is 0 Å². The quantitative estimate of drug-likeness (QED) is 0.726. The summed E-state index contributed by atoms with van der Waals surface area (Å²) in [6.07, 6.45) is 7.65. The summed E-state index contributed by atoms with van der Waals surface area (Å²) >= 11 is 0. The number of ether oxygens (including phenoxy) is 1. The summed E-state index contributed by atoms with van der Waals surface area (Å²) in [4.78, 5) is 11.4. The summed E-state index contributed by atoms with van der Waals surface area (Å²) < 4.78 is 5.44. The number of rotatable bonds is 3. The number of carboxylic acids is 1. The highest BCUT2D eigenvalue weighted by Gasteiger charge is 2.49. The second-order valence-electron chi connectivity index (χ2n) is 4.74. The molecule has 1 fully saturated rings. The molecule has 2 atom stereocenters. The van der Waals surface area contributed by atoms with Crippen LogP contribution in [-0.2, 0) is 9.53 Å². The Hall–Kier alpha value is -0.830. The van der Waals surface area contributed by atoms with Crippen molar-refractivity contribution in [2.75, 3.05) is 6.61 Å². The van der Waals surface area contributed by atoms with Crippen molar-refractivity contribution in [3.63, 3.8) is 0 Å². The smallest absolute Gasteiger partial charge is 0.312 e. The minimum Gasteiger partial charge on any atom is -0.481 e. The van der Waals surface area contributed by atoms with Crippen molar-refractivity contribution in [3.05, 3.63) is 12.2 Å². The molecule has 0 saturated carbocycles. The zero-order valence-corrected chi connectivity index (χ0v) is 9.11. The first-order valence-electron chi connectivity index (χ1n) is 5.65. The average Bonchev–Trinajstić information content (AvgIpc) is 2.78. The summed E-state index contributed by atoms with van der Waals surface area (Å²) in [5.74, 6) is -0.176. The summed E-state index contributed by atoms with van der Waals surface area (Å²) in [7, 11) is 0. The lowest BCUT2D eigenvalue weighted by Crippen LogP contribution is -2.39. The number of carbonyl (C=O) groups is 1. The van der Waals surface area contributed by atoms with Gasteiger partial charge < -0.3 is 9.84 Å². The third kappa shape index (κ3) is 1.81. The molecule has 1 aliphatic carbocycles. The molecule has 2 aliphatic rings. The molecule has 3 nitrogen and oxygen atoms in total. The van der Waals surface area contributed by atoms with Gasteiger partial charge in [-0.15, -0.1) is 0 Å². The van der Waals surface area contributed by atoms with Gasteiger partial charge in [-0.25, -0.2) is 0 Å². The van der Waals surface area contributed by atoms with Crippen molar-refractivity contribution >= 4 is 5.97 Å². The minimum atomic E-state index is -0.681. The Bertz CT molecular complexity index is 277. The van der Waals surface area contributed by atoms with E-state index in [2.05, 4.69) is 12.2 Å². The number of hydrogen-bond acceptors (Lipinski definition) is 2. The van der Waals surface area contributed by atoms with Crippen molar-refractivity contribution in [3.8, 4) is 0 Å². The fraction of sp³-hybridized carbons (Fsp3) is 0.750. The molecule has 1 aliphatic heterocycles. The third-order valence-electron chi connectivity index (χ3n) is 3.88. The molecule has 0 aromatic rings. The van der Waals surface area contributed by atoms with E-state index in [9.17, 15) is 9.90 Å². The van der Waals surface area contributed by atoms with Crippen molar-refractivity contribution < 1.29 is 14.6 Å². The van der Waals surface area contributed by atoms with Crippen LogP contribution in [0.3, 0.4) is 0 Å². The lowest BCUT2D eigenvalue weighted by Gasteiger charge is -2.30. The van der Waals surface area contributed by atoms with E-state index in [1.54, 1.807) is 0 Å². The number of carboxylic acid groups (broad SMARTS) is 1. The van der Waals surface area contributed by atoms with E-state index in [0.29, 0.717) is 18.9 Å². The molecule has 3 heteroatoms. The molecular formula is C12H18O3. The van der Waals surface area contributed by atoms with Crippen molar-refractivity contribution in [2.24, 2.45) is 11.3 Å². The standard InChI is InChI=1S/C12H18O3/c1-9-12(11(13)14,6-7-15-9)8-10-4-2-3-5-10/h2-3,9-10H,4-8H2,1H3,(H,13,14). The minimum absolute atomic E-state index is 0.143. The summed E-state index contributed by atoms with van der Waals surface area (Å²) in [6.45, 7) is 2.48. The predicted molar refractivity (Wildman–Crippen MR) is 56.6 cm³/mol. The Labute approximate surface area is 90.1 Å². The topological polar surface area (TPSA) is 46.5 Å². The van der Waals surface area contributed by atoms with E-state index in [0.717, 1.165) is 19.3 Å². The molecular weight excluding hydrogens is 192 g/mol. The predicted octanol–water partition coefficient (Wildman–Crippen LogP) is 2.22. The van der Waals surface area contributed by atoms with Gasteiger partial charge in [-0.3, -0.25) is 4.79 Å². The van der Waals surface area contributed by atoms with E-state index in [1.807, 2.05) is 6.92 Å². The second kappa shape index (κ2) is 3.97. The SMILES string of the molecule is CC1OCCC1(CC1CC=CC1)C(=O)O. The summed E-state index contributed by atoms with van der Waals surface area (Å²) in [6, 6.07) is 0. The Morgan fingerprint density at radius 1 is 1.53 bits per heavy atom. The largest absolute Gasteiger partial charge is 0.481 e. The number of allylic oxidation sites excluding steroid dienone is 2. The van der Waals surface area contributed by atoms with Crippen LogP contribution in [0.1, 0.15) is 32.6 Å². The van der Waals surface area contributed by atoms with Gasteiger partial charge in [0.05, 0.1) is 11.5 Å². The Kier molecular flexibility index (Phi) is 2.83. The van der Waals surface area contributed by atoms with Gasteiger partial charge in [-0.1, -0.05) is 12.2 Å². The lowest BCUT2D eigenvalue weighted by molar-refractivity contribution is -0.153. The van der Waals surface area contributed by atoms with Gasteiger partial charge in [0.25, 0.3) is 0 Å². The van der Waals surface area contributed by atoms with E-state index in [4.69, 9.17) is 4.74 Å². The average molecular weight is 210 g/mol. The van der Waals surface area contributed by atoms with Crippen LogP contribution in [0.5, 0.6) is 0 Å². The molecule has 1 heterocycles. The number of hydrogen-bond donors (Lipinski definition) is 1. The van der Waals surface area contributed by atoms with E-state index < -0.39 is 11.4 Å². The molecule has 84 valence electrons. The molecule has 0 aromatic heterocycles. The molecule has 2 unspecified atom stereocenters. The van der Waals surface area contributed by atoms with Gasteiger partial charge >= 0.3 is 5.97 Å². The zero-order valence-electron chi connectivity index (χ0n) is 9.11. The van der Waals surface area contributed by atoms with Gasteiger partial charge in [0.2, 0.25) is 0 Å². The van der Waals surface area contributed by atoms with E-state index in [-0.39, 0.29) is 6.10 Å². The van der Waals surface area contributed by atoms with Crippen LogP contribution in [-0.4, -0.2) is 23.8 Å². The summed E-state index contributed by atoms with van der Waals surface area (Å²) in [5, 5.41) is 9.39. The van der Waals surface area contributed by atoms with Gasteiger partial charge in [0.1, 0.15) is 0 Å². The highest BCUT2D eigenvalue weighted by molar-refractivity contribution is 5.75. The molecule has 0 bridgehead atoms. The normalized spacial score (nSPS) is 36.2. The lowest BCUT2D eigenvalue weighted by atomic mass is 9.74. The maximum Gasteiger partial charge on any atom is 0.312 e. The first-order valence-corrected chi connectivity index (χ1v) is 5.65. The molecule has 15 heavy (non-hydrogen) atoms. The van der Waals surface area contributed by atoms with Crippen molar-refractivity contribution in [1.82, 2.24) is 0 Å². The van der Waals surface area contributed by atoms with Crippen LogP contribution in [0, 0.1) is 11.3 Å². The third-order valence-corrected chi connectivity index (χ3v) is 3.88. The van der Waals surface area contributed by atoms with Crippen molar-refractivity contribution in [1.29, 1.82) is 0 Å². The van der Waals surface area contributed by atoms with Crippen LogP contribution in [0.25, 0.3) is 0 Å². The Balaban J connectivity index is 2.09. The molecule has 0 aromatic carbocycles. The summed E-state index contributed by atoms with van der Waals surface area (Å²) in [5.41, 5.74) is -0.628. The molecule has 0 amide bonds. The fourth-order valence-electron chi connectivity index (χ4n) is 2.77. The Morgan fingerprint density at radius 2 is 2.20 bits per heavy atom. The first-order chi connectivity index (χ1) is 7.15. The zero-order chi connectivity index (χ0) is 10.9.